The number of esters is 2. The third-order valence-electron chi connectivity index (χ3n) is 5.30. The molecule has 33 heavy (non-hydrogen) atoms. The van der Waals surface area contributed by atoms with Crippen LogP contribution in [0.3, 0.4) is 0 Å². The van der Waals surface area contributed by atoms with E-state index in [1.807, 2.05) is 18.2 Å². The molecule has 4 aromatic rings. The van der Waals surface area contributed by atoms with Gasteiger partial charge in [0.1, 0.15) is 17.1 Å². The summed E-state index contributed by atoms with van der Waals surface area (Å²) in [4.78, 5) is 25.5. The van der Waals surface area contributed by atoms with Crippen molar-refractivity contribution in [2.24, 2.45) is 0 Å². The number of para-hydroxylation sites is 1. The fourth-order valence-corrected chi connectivity index (χ4v) is 3.58. The molecule has 0 spiro atoms. The van der Waals surface area contributed by atoms with Crippen LogP contribution in [0.4, 0.5) is 4.39 Å². The predicted molar refractivity (Wildman–Crippen MR) is 122 cm³/mol. The van der Waals surface area contributed by atoms with Crippen LogP contribution in [-0.4, -0.2) is 35.9 Å². The van der Waals surface area contributed by atoms with E-state index in [0.717, 1.165) is 5.56 Å². The molecule has 0 aliphatic rings. The molecular weight excluding hydrogens is 423 g/mol. The Kier molecular flexibility index (Phi) is 6.04. The summed E-state index contributed by atoms with van der Waals surface area (Å²) >= 11 is 0. The minimum absolute atomic E-state index is 0.0135. The third-order valence-corrected chi connectivity index (χ3v) is 5.30. The summed E-state index contributed by atoms with van der Waals surface area (Å²) in [5.74, 6) is -1.76. The van der Waals surface area contributed by atoms with Crippen molar-refractivity contribution >= 4 is 11.9 Å². The molecule has 7 heteroatoms. The topological polar surface area (TPSA) is 70.4 Å². The van der Waals surface area contributed by atoms with E-state index in [1.54, 1.807) is 55.5 Å². The van der Waals surface area contributed by atoms with Crippen LogP contribution in [-0.2, 0) is 9.47 Å². The summed E-state index contributed by atoms with van der Waals surface area (Å²) in [5.41, 5.74) is 3.29. The zero-order valence-electron chi connectivity index (χ0n) is 18.3. The molecule has 6 nitrogen and oxygen atoms in total. The molecule has 0 unspecified atom stereocenters. The molecule has 0 saturated carbocycles. The Morgan fingerprint density at radius 1 is 0.818 bits per heavy atom. The van der Waals surface area contributed by atoms with E-state index in [2.05, 4.69) is 5.10 Å². The van der Waals surface area contributed by atoms with E-state index >= 15 is 0 Å². The lowest BCUT2D eigenvalue weighted by Crippen LogP contribution is -2.15. The Bertz CT molecular complexity index is 1350. The fourth-order valence-electron chi connectivity index (χ4n) is 3.58. The van der Waals surface area contributed by atoms with Crippen molar-refractivity contribution in [2.45, 2.75) is 6.92 Å². The Balaban J connectivity index is 1.96. The van der Waals surface area contributed by atoms with Gasteiger partial charge in [-0.3, -0.25) is 0 Å². The number of halogens is 1. The Morgan fingerprint density at radius 2 is 1.48 bits per heavy atom. The van der Waals surface area contributed by atoms with Crippen LogP contribution in [0.25, 0.3) is 28.1 Å². The Morgan fingerprint density at radius 3 is 2.15 bits per heavy atom. The molecule has 0 bridgehead atoms. The molecule has 0 N–H and O–H groups in total. The lowest BCUT2D eigenvalue weighted by atomic mass is 9.98. The lowest BCUT2D eigenvalue weighted by molar-refractivity contribution is 0.0549. The number of aromatic nitrogens is 2. The molecule has 0 aliphatic carbocycles. The number of benzene rings is 3. The summed E-state index contributed by atoms with van der Waals surface area (Å²) < 4.78 is 25.4. The molecule has 0 atom stereocenters. The maximum Gasteiger partial charge on any atom is 0.357 e. The van der Waals surface area contributed by atoms with E-state index in [9.17, 15) is 14.0 Å². The Hall–Kier alpha value is -4.26. The van der Waals surface area contributed by atoms with Gasteiger partial charge in [-0.25, -0.2) is 18.7 Å². The highest BCUT2D eigenvalue weighted by Crippen LogP contribution is 2.32. The second-order valence-electron chi connectivity index (χ2n) is 7.35. The summed E-state index contributed by atoms with van der Waals surface area (Å²) in [6, 6.07) is 21.1. The predicted octanol–water partition coefficient (Wildman–Crippen LogP) is 5.23. The van der Waals surface area contributed by atoms with E-state index in [1.165, 1.54) is 25.0 Å². The zero-order chi connectivity index (χ0) is 23.5. The van der Waals surface area contributed by atoms with Crippen molar-refractivity contribution < 1.29 is 23.5 Å². The number of nitrogens with zero attached hydrogens (tertiary/aromatic N) is 2. The normalized spacial score (nSPS) is 10.7. The van der Waals surface area contributed by atoms with Gasteiger partial charge in [-0.05, 0) is 47.9 Å². The van der Waals surface area contributed by atoms with Crippen LogP contribution >= 0.6 is 0 Å². The van der Waals surface area contributed by atoms with Gasteiger partial charge >= 0.3 is 11.9 Å². The number of ether oxygens (including phenoxy) is 2. The average molecular weight is 444 g/mol. The minimum Gasteiger partial charge on any atom is -0.465 e. The van der Waals surface area contributed by atoms with Gasteiger partial charge in [-0.1, -0.05) is 48.5 Å². The van der Waals surface area contributed by atoms with Crippen LogP contribution in [0.5, 0.6) is 0 Å². The highest BCUT2D eigenvalue weighted by molar-refractivity contribution is 6.07. The smallest absolute Gasteiger partial charge is 0.357 e. The maximum atomic E-state index is 14.1. The molecule has 4 rings (SSSR count). The van der Waals surface area contributed by atoms with Gasteiger partial charge < -0.3 is 9.47 Å². The standard InChI is InChI=1S/C26H21FN2O4/c1-16-12-13-18(15-21(16)27)17-8-7-9-19(14-17)23-22(25(30)32-2)24(26(31)33-3)29(28-23)20-10-5-4-6-11-20/h4-15H,1-3H3. The van der Waals surface area contributed by atoms with Gasteiger partial charge in [0, 0.05) is 5.56 Å². The summed E-state index contributed by atoms with van der Waals surface area (Å²) in [6.07, 6.45) is 0. The van der Waals surface area contributed by atoms with Crippen molar-refractivity contribution in [1.82, 2.24) is 9.78 Å². The molecule has 0 fully saturated rings. The SMILES string of the molecule is COC(=O)c1c(-c2cccc(-c3ccc(C)c(F)c3)c2)nn(-c2ccccc2)c1C(=O)OC. The molecule has 0 amide bonds. The molecule has 1 heterocycles. The first kappa shape index (κ1) is 22.0. The van der Waals surface area contributed by atoms with E-state index in [4.69, 9.17) is 9.47 Å². The average Bonchev–Trinajstić information content (AvgIpc) is 3.26. The number of carbonyl (C=O) groups excluding carboxylic acids is 2. The van der Waals surface area contributed by atoms with E-state index in [-0.39, 0.29) is 22.8 Å². The third kappa shape index (κ3) is 4.13. The number of aryl methyl sites for hydroxylation is 1. The van der Waals surface area contributed by atoms with Crippen LogP contribution < -0.4 is 0 Å². The number of hydrogen-bond acceptors (Lipinski definition) is 5. The lowest BCUT2D eigenvalue weighted by Gasteiger charge is -2.07. The monoisotopic (exact) mass is 444 g/mol. The highest BCUT2D eigenvalue weighted by Gasteiger charge is 2.31. The first-order valence-electron chi connectivity index (χ1n) is 10.2. The molecular formula is C26H21FN2O4. The number of rotatable bonds is 5. The molecule has 0 saturated heterocycles. The van der Waals surface area contributed by atoms with E-state index in [0.29, 0.717) is 22.4 Å². The molecule has 1 aromatic heterocycles. The molecule has 0 radical (unpaired) electrons. The van der Waals surface area contributed by atoms with Gasteiger partial charge in [-0.2, -0.15) is 5.10 Å². The Labute approximate surface area is 190 Å². The van der Waals surface area contributed by atoms with Crippen molar-refractivity contribution in [1.29, 1.82) is 0 Å². The van der Waals surface area contributed by atoms with E-state index < -0.39 is 11.9 Å². The second-order valence-corrected chi connectivity index (χ2v) is 7.35. The maximum absolute atomic E-state index is 14.1. The zero-order valence-corrected chi connectivity index (χ0v) is 18.3. The molecule has 3 aromatic carbocycles. The number of methoxy groups -OCH3 is 2. The minimum atomic E-state index is -0.727. The van der Waals surface area contributed by atoms with Crippen LogP contribution in [0.15, 0.2) is 72.8 Å². The quantitative estimate of drug-likeness (QED) is 0.395. The fraction of sp³-hybridized carbons (Fsp3) is 0.115. The summed E-state index contributed by atoms with van der Waals surface area (Å²) in [7, 11) is 2.47. The van der Waals surface area contributed by atoms with Crippen molar-refractivity contribution in [3.63, 3.8) is 0 Å². The van der Waals surface area contributed by atoms with Crippen molar-refractivity contribution in [2.75, 3.05) is 14.2 Å². The number of carbonyl (C=O) groups is 2. The van der Waals surface area contributed by atoms with Gasteiger partial charge in [0.15, 0.2) is 5.69 Å². The summed E-state index contributed by atoms with van der Waals surface area (Å²) in [5, 5.41) is 4.60. The van der Waals surface area contributed by atoms with Gasteiger partial charge in [0.05, 0.1) is 19.9 Å². The molecule has 0 aliphatic heterocycles. The van der Waals surface area contributed by atoms with Crippen LogP contribution in [0.2, 0.25) is 0 Å². The van der Waals surface area contributed by atoms with Crippen LogP contribution in [0.1, 0.15) is 26.4 Å². The highest BCUT2D eigenvalue weighted by atomic mass is 19.1. The largest absolute Gasteiger partial charge is 0.465 e. The second kappa shape index (κ2) is 9.08. The van der Waals surface area contributed by atoms with Crippen molar-refractivity contribution in [3.05, 3.63) is 95.4 Å². The first-order valence-corrected chi connectivity index (χ1v) is 10.2. The van der Waals surface area contributed by atoms with Crippen molar-refractivity contribution in [3.8, 4) is 28.1 Å². The first-order chi connectivity index (χ1) is 15.9. The van der Waals surface area contributed by atoms with Gasteiger partial charge in [-0.15, -0.1) is 0 Å². The van der Waals surface area contributed by atoms with Crippen LogP contribution in [0, 0.1) is 12.7 Å². The number of hydrogen-bond donors (Lipinski definition) is 0. The van der Waals surface area contributed by atoms with Gasteiger partial charge in [0.25, 0.3) is 0 Å². The van der Waals surface area contributed by atoms with Gasteiger partial charge in [0.2, 0.25) is 0 Å². The summed E-state index contributed by atoms with van der Waals surface area (Å²) in [6.45, 7) is 1.70. The molecule has 166 valence electrons.